The highest BCUT2D eigenvalue weighted by Crippen LogP contribution is 2.18. The van der Waals surface area contributed by atoms with Crippen LogP contribution in [-0.4, -0.2) is 68.2 Å². The Morgan fingerprint density at radius 3 is 2.65 bits per heavy atom. The van der Waals surface area contributed by atoms with Crippen molar-refractivity contribution < 1.29 is 23.1 Å². The van der Waals surface area contributed by atoms with Crippen LogP contribution in [-0.2, 0) is 19.4 Å². The lowest BCUT2D eigenvalue weighted by molar-refractivity contribution is -0.139. The van der Waals surface area contributed by atoms with Gasteiger partial charge in [0.15, 0.2) is 9.84 Å². The Hall–Kier alpha value is -0.660. The Balaban J connectivity index is 2.66. The van der Waals surface area contributed by atoms with Gasteiger partial charge in [-0.15, -0.1) is 0 Å². The van der Waals surface area contributed by atoms with Crippen molar-refractivity contribution in [1.29, 1.82) is 0 Å². The summed E-state index contributed by atoms with van der Waals surface area (Å²) in [5.74, 6) is -0.746. The maximum Gasteiger partial charge on any atom is 0.317 e. The second-order valence-corrected chi connectivity index (χ2v) is 6.66. The summed E-state index contributed by atoms with van der Waals surface area (Å²) in [7, 11) is -1.44. The van der Waals surface area contributed by atoms with E-state index in [-0.39, 0.29) is 30.2 Å². The maximum atomic E-state index is 11.4. The highest BCUT2D eigenvalue weighted by molar-refractivity contribution is 7.91. The van der Waals surface area contributed by atoms with Crippen LogP contribution >= 0.6 is 0 Å². The van der Waals surface area contributed by atoms with Crippen LogP contribution in [0, 0.1) is 0 Å². The Morgan fingerprint density at radius 2 is 2.24 bits per heavy atom. The minimum atomic E-state index is -2.99. The van der Waals surface area contributed by atoms with Gasteiger partial charge in [-0.25, -0.2) is 8.42 Å². The second kappa shape index (κ2) is 5.79. The SMILES string of the molecule is COC(C)CN(CC(=O)O)C1CCS(=O)(=O)C1. The number of aliphatic carboxylic acids is 1. The molecule has 7 heteroatoms. The fourth-order valence-corrected chi connectivity index (χ4v) is 3.75. The number of hydrogen-bond donors (Lipinski definition) is 1. The molecule has 0 saturated carbocycles. The van der Waals surface area contributed by atoms with Gasteiger partial charge in [0.2, 0.25) is 0 Å². The molecule has 0 amide bonds. The van der Waals surface area contributed by atoms with Gasteiger partial charge >= 0.3 is 5.97 Å². The van der Waals surface area contributed by atoms with Crippen LogP contribution in [0.5, 0.6) is 0 Å². The fourth-order valence-electron chi connectivity index (χ4n) is 1.98. The summed E-state index contributed by atoms with van der Waals surface area (Å²) in [6.45, 7) is 2.12. The molecular formula is C10H19NO5S. The number of carbonyl (C=O) groups is 1. The van der Waals surface area contributed by atoms with E-state index >= 15 is 0 Å². The summed E-state index contributed by atoms with van der Waals surface area (Å²) in [4.78, 5) is 12.4. The fraction of sp³-hybridized carbons (Fsp3) is 0.900. The topological polar surface area (TPSA) is 83.9 Å². The Labute approximate surface area is 101 Å². The zero-order valence-corrected chi connectivity index (χ0v) is 10.9. The predicted octanol–water partition coefficient (Wildman–Crippen LogP) is -0.405. The van der Waals surface area contributed by atoms with E-state index < -0.39 is 15.8 Å². The molecule has 1 fully saturated rings. The molecule has 0 aliphatic carbocycles. The van der Waals surface area contributed by atoms with Gasteiger partial charge in [-0.2, -0.15) is 0 Å². The number of hydrogen-bond acceptors (Lipinski definition) is 5. The summed E-state index contributed by atoms with van der Waals surface area (Å²) in [5, 5.41) is 8.83. The molecule has 0 radical (unpaired) electrons. The van der Waals surface area contributed by atoms with Crippen molar-refractivity contribution in [2.45, 2.75) is 25.5 Å². The molecular weight excluding hydrogens is 246 g/mol. The van der Waals surface area contributed by atoms with Crippen LogP contribution in [0.3, 0.4) is 0 Å². The number of carboxylic acid groups (broad SMARTS) is 1. The third-order valence-electron chi connectivity index (χ3n) is 2.96. The molecule has 17 heavy (non-hydrogen) atoms. The van der Waals surface area contributed by atoms with E-state index in [1.807, 2.05) is 6.92 Å². The smallest absolute Gasteiger partial charge is 0.317 e. The summed E-state index contributed by atoms with van der Waals surface area (Å²) in [6.07, 6.45) is 0.393. The van der Waals surface area contributed by atoms with Gasteiger partial charge in [0.1, 0.15) is 0 Å². The third-order valence-corrected chi connectivity index (χ3v) is 4.71. The maximum absolute atomic E-state index is 11.4. The predicted molar refractivity (Wildman–Crippen MR) is 62.7 cm³/mol. The molecule has 0 aromatic rings. The molecule has 1 aliphatic rings. The lowest BCUT2D eigenvalue weighted by atomic mass is 10.2. The van der Waals surface area contributed by atoms with Crippen molar-refractivity contribution >= 4 is 15.8 Å². The van der Waals surface area contributed by atoms with Crippen molar-refractivity contribution in [3.05, 3.63) is 0 Å². The first kappa shape index (κ1) is 14.4. The molecule has 100 valence electrons. The lowest BCUT2D eigenvalue weighted by Gasteiger charge is -2.28. The zero-order valence-electron chi connectivity index (χ0n) is 10.1. The van der Waals surface area contributed by atoms with Gasteiger partial charge in [-0.05, 0) is 13.3 Å². The van der Waals surface area contributed by atoms with Crippen molar-refractivity contribution in [3.63, 3.8) is 0 Å². The van der Waals surface area contributed by atoms with E-state index in [1.54, 1.807) is 12.0 Å². The molecule has 1 aliphatic heterocycles. The minimum absolute atomic E-state index is 0.0523. The lowest BCUT2D eigenvalue weighted by Crippen LogP contribution is -2.43. The van der Waals surface area contributed by atoms with E-state index in [2.05, 4.69) is 0 Å². The monoisotopic (exact) mass is 265 g/mol. The Morgan fingerprint density at radius 1 is 1.59 bits per heavy atom. The number of ether oxygens (including phenoxy) is 1. The second-order valence-electron chi connectivity index (χ2n) is 4.43. The highest BCUT2D eigenvalue weighted by Gasteiger charge is 2.33. The standard InChI is InChI=1S/C10H19NO5S/c1-8(16-2)5-11(6-10(12)13)9-3-4-17(14,15)7-9/h8-9H,3-7H2,1-2H3,(H,12,13). The molecule has 2 atom stereocenters. The number of carboxylic acids is 1. The number of nitrogens with zero attached hydrogens (tertiary/aromatic N) is 1. The van der Waals surface area contributed by atoms with Gasteiger partial charge in [0, 0.05) is 19.7 Å². The molecule has 0 spiro atoms. The third kappa shape index (κ3) is 4.61. The Kier molecular flexibility index (Phi) is 4.91. The van der Waals surface area contributed by atoms with E-state index in [1.165, 1.54) is 0 Å². The number of methoxy groups -OCH3 is 1. The molecule has 1 N–H and O–H groups in total. The number of rotatable bonds is 6. The van der Waals surface area contributed by atoms with E-state index in [9.17, 15) is 13.2 Å². The van der Waals surface area contributed by atoms with Crippen molar-refractivity contribution in [3.8, 4) is 0 Å². The van der Waals surface area contributed by atoms with Gasteiger partial charge in [-0.3, -0.25) is 9.69 Å². The summed E-state index contributed by atoms with van der Waals surface area (Å²) in [6, 6.07) is -0.200. The van der Waals surface area contributed by atoms with Gasteiger partial charge in [0.25, 0.3) is 0 Å². The van der Waals surface area contributed by atoms with Crippen molar-refractivity contribution in [1.82, 2.24) is 4.90 Å². The van der Waals surface area contributed by atoms with Crippen LogP contribution < -0.4 is 0 Å². The average molecular weight is 265 g/mol. The molecule has 1 saturated heterocycles. The van der Waals surface area contributed by atoms with Crippen LogP contribution in [0.15, 0.2) is 0 Å². The van der Waals surface area contributed by atoms with Gasteiger partial charge < -0.3 is 9.84 Å². The first-order chi connectivity index (χ1) is 7.84. The summed E-state index contributed by atoms with van der Waals surface area (Å²) < 4.78 is 27.9. The highest BCUT2D eigenvalue weighted by atomic mass is 32.2. The summed E-state index contributed by atoms with van der Waals surface area (Å²) in [5.41, 5.74) is 0. The van der Waals surface area contributed by atoms with Crippen molar-refractivity contribution in [2.75, 3.05) is 31.7 Å². The summed E-state index contributed by atoms with van der Waals surface area (Å²) >= 11 is 0. The normalized spacial score (nSPS) is 25.0. The van der Waals surface area contributed by atoms with Gasteiger partial charge in [0.05, 0.1) is 24.2 Å². The molecule has 6 nitrogen and oxygen atoms in total. The van der Waals surface area contributed by atoms with Crippen molar-refractivity contribution in [2.24, 2.45) is 0 Å². The molecule has 0 aromatic heterocycles. The first-order valence-corrected chi connectivity index (χ1v) is 7.35. The average Bonchev–Trinajstić information content (AvgIpc) is 2.57. The van der Waals surface area contributed by atoms with E-state index in [0.29, 0.717) is 13.0 Å². The van der Waals surface area contributed by atoms with Crippen LogP contribution in [0.2, 0.25) is 0 Å². The largest absolute Gasteiger partial charge is 0.480 e. The zero-order chi connectivity index (χ0) is 13.1. The quantitative estimate of drug-likeness (QED) is 0.703. The first-order valence-electron chi connectivity index (χ1n) is 5.53. The molecule has 1 rings (SSSR count). The molecule has 1 heterocycles. The minimum Gasteiger partial charge on any atom is -0.480 e. The molecule has 0 bridgehead atoms. The van der Waals surface area contributed by atoms with E-state index in [0.717, 1.165) is 0 Å². The Bertz CT molecular complexity index is 367. The van der Waals surface area contributed by atoms with Crippen LogP contribution in [0.1, 0.15) is 13.3 Å². The molecule has 2 unspecified atom stereocenters. The van der Waals surface area contributed by atoms with E-state index in [4.69, 9.17) is 9.84 Å². The number of sulfone groups is 1. The van der Waals surface area contributed by atoms with Crippen LogP contribution in [0.25, 0.3) is 0 Å². The van der Waals surface area contributed by atoms with Crippen LogP contribution in [0.4, 0.5) is 0 Å². The molecule has 0 aromatic carbocycles. The van der Waals surface area contributed by atoms with Gasteiger partial charge in [-0.1, -0.05) is 0 Å².